The fourth-order valence-electron chi connectivity index (χ4n) is 1.14. The predicted octanol–water partition coefficient (Wildman–Crippen LogP) is 1.63. The molecule has 2 rings (SSSR count). The third-order valence-corrected chi connectivity index (χ3v) is 1.76. The number of nitrogens with zero attached hydrogens (tertiary/aromatic N) is 1. The standard InChI is InChI=1S/C9H8N2O2/c10-9-8(5-11-13-9)6-2-1-3-7(12)4-6/h1-5,12H,10H2. The Bertz CT molecular complexity index is 423. The molecule has 0 aliphatic heterocycles. The van der Waals surface area contributed by atoms with Crippen molar-refractivity contribution in [2.24, 2.45) is 0 Å². The zero-order chi connectivity index (χ0) is 9.26. The Balaban J connectivity index is 2.53. The van der Waals surface area contributed by atoms with Crippen LogP contribution in [0.1, 0.15) is 0 Å². The molecular weight excluding hydrogens is 168 g/mol. The molecule has 0 atom stereocenters. The Labute approximate surface area is 74.6 Å². The maximum absolute atomic E-state index is 9.21. The van der Waals surface area contributed by atoms with E-state index in [1.807, 2.05) is 6.07 Å². The molecule has 0 fully saturated rings. The number of nitrogens with two attached hydrogens (primary N) is 1. The summed E-state index contributed by atoms with van der Waals surface area (Å²) in [5, 5.41) is 12.8. The molecule has 0 saturated carbocycles. The molecule has 1 heterocycles. The molecule has 66 valence electrons. The van der Waals surface area contributed by atoms with Crippen LogP contribution in [0.25, 0.3) is 11.1 Å². The summed E-state index contributed by atoms with van der Waals surface area (Å²) in [5.41, 5.74) is 6.99. The van der Waals surface area contributed by atoms with Crippen LogP contribution in [0.5, 0.6) is 5.75 Å². The topological polar surface area (TPSA) is 72.3 Å². The van der Waals surface area contributed by atoms with Crippen molar-refractivity contribution in [3.63, 3.8) is 0 Å². The van der Waals surface area contributed by atoms with Gasteiger partial charge in [0, 0.05) is 0 Å². The van der Waals surface area contributed by atoms with Gasteiger partial charge in [0.05, 0.1) is 11.8 Å². The van der Waals surface area contributed by atoms with Gasteiger partial charge in [0.15, 0.2) is 0 Å². The molecule has 3 N–H and O–H groups in total. The number of aromatic nitrogens is 1. The van der Waals surface area contributed by atoms with Crippen molar-refractivity contribution < 1.29 is 9.63 Å². The van der Waals surface area contributed by atoms with Crippen LogP contribution in [0, 0.1) is 0 Å². The summed E-state index contributed by atoms with van der Waals surface area (Å²) in [6.07, 6.45) is 1.52. The highest BCUT2D eigenvalue weighted by Gasteiger charge is 2.06. The van der Waals surface area contributed by atoms with Crippen molar-refractivity contribution in [3.05, 3.63) is 30.5 Å². The molecular formula is C9H8N2O2. The van der Waals surface area contributed by atoms with Crippen LogP contribution in [0.3, 0.4) is 0 Å². The second-order valence-electron chi connectivity index (χ2n) is 2.65. The first-order valence-corrected chi connectivity index (χ1v) is 3.77. The van der Waals surface area contributed by atoms with Gasteiger partial charge in [-0.05, 0) is 17.7 Å². The lowest BCUT2D eigenvalue weighted by molar-refractivity contribution is 0.436. The van der Waals surface area contributed by atoms with Crippen molar-refractivity contribution in [1.82, 2.24) is 5.16 Å². The van der Waals surface area contributed by atoms with Gasteiger partial charge >= 0.3 is 0 Å². The Hall–Kier alpha value is -1.97. The van der Waals surface area contributed by atoms with Crippen molar-refractivity contribution in [2.45, 2.75) is 0 Å². The monoisotopic (exact) mass is 176 g/mol. The lowest BCUT2D eigenvalue weighted by Gasteiger charge is -1.97. The van der Waals surface area contributed by atoms with E-state index >= 15 is 0 Å². The van der Waals surface area contributed by atoms with Gasteiger partial charge in [-0.25, -0.2) is 0 Å². The molecule has 0 unspecified atom stereocenters. The second-order valence-corrected chi connectivity index (χ2v) is 2.65. The quantitative estimate of drug-likeness (QED) is 0.692. The molecule has 0 bridgehead atoms. The summed E-state index contributed by atoms with van der Waals surface area (Å²) in [6.45, 7) is 0. The average Bonchev–Trinajstić information content (AvgIpc) is 2.51. The minimum Gasteiger partial charge on any atom is -0.508 e. The molecule has 2 aromatic rings. The maximum Gasteiger partial charge on any atom is 0.229 e. The maximum atomic E-state index is 9.21. The Morgan fingerprint density at radius 2 is 2.23 bits per heavy atom. The van der Waals surface area contributed by atoms with E-state index in [2.05, 4.69) is 5.16 Å². The molecule has 1 aromatic heterocycles. The van der Waals surface area contributed by atoms with E-state index in [9.17, 15) is 5.11 Å². The fourth-order valence-corrected chi connectivity index (χ4v) is 1.14. The highest BCUT2D eigenvalue weighted by Crippen LogP contribution is 2.27. The number of hydrogen-bond donors (Lipinski definition) is 2. The summed E-state index contributed by atoms with van der Waals surface area (Å²) in [6, 6.07) is 6.75. The third kappa shape index (κ3) is 1.33. The van der Waals surface area contributed by atoms with Crippen LogP contribution in [0.4, 0.5) is 5.88 Å². The van der Waals surface area contributed by atoms with Crippen LogP contribution in [0.2, 0.25) is 0 Å². The van der Waals surface area contributed by atoms with Gasteiger partial charge in [-0.15, -0.1) is 0 Å². The smallest absolute Gasteiger partial charge is 0.229 e. The molecule has 0 saturated heterocycles. The molecule has 0 spiro atoms. The van der Waals surface area contributed by atoms with Gasteiger partial charge in [-0.2, -0.15) is 0 Å². The molecule has 4 nitrogen and oxygen atoms in total. The summed E-state index contributed by atoms with van der Waals surface area (Å²) in [5.74, 6) is 0.448. The summed E-state index contributed by atoms with van der Waals surface area (Å²) in [7, 11) is 0. The van der Waals surface area contributed by atoms with Gasteiger partial charge in [0.2, 0.25) is 5.88 Å². The Kier molecular flexibility index (Phi) is 1.66. The first-order chi connectivity index (χ1) is 6.27. The van der Waals surface area contributed by atoms with Gasteiger partial charge in [-0.3, -0.25) is 0 Å². The molecule has 13 heavy (non-hydrogen) atoms. The predicted molar refractivity (Wildman–Crippen MR) is 48.0 cm³/mol. The van der Waals surface area contributed by atoms with Crippen LogP contribution in [0.15, 0.2) is 35.0 Å². The fraction of sp³-hybridized carbons (Fsp3) is 0. The van der Waals surface area contributed by atoms with Gasteiger partial charge in [0.1, 0.15) is 5.75 Å². The molecule has 4 heteroatoms. The lowest BCUT2D eigenvalue weighted by Crippen LogP contribution is -1.83. The van der Waals surface area contributed by atoms with Crippen LogP contribution in [-0.2, 0) is 0 Å². The number of phenolic OH excluding ortho intramolecular Hbond substituents is 1. The molecule has 0 aliphatic rings. The van der Waals surface area contributed by atoms with Gasteiger partial charge in [-0.1, -0.05) is 17.3 Å². The number of phenols is 1. The highest BCUT2D eigenvalue weighted by atomic mass is 16.5. The lowest BCUT2D eigenvalue weighted by atomic mass is 10.1. The summed E-state index contributed by atoms with van der Waals surface area (Å²) in [4.78, 5) is 0. The van der Waals surface area contributed by atoms with Crippen LogP contribution in [-0.4, -0.2) is 10.3 Å². The van der Waals surface area contributed by atoms with E-state index < -0.39 is 0 Å². The normalized spacial score (nSPS) is 10.2. The van der Waals surface area contributed by atoms with E-state index in [4.69, 9.17) is 10.3 Å². The van der Waals surface area contributed by atoms with E-state index in [0.717, 1.165) is 5.56 Å². The first kappa shape index (κ1) is 7.67. The van der Waals surface area contributed by atoms with Crippen LogP contribution >= 0.6 is 0 Å². The Morgan fingerprint density at radius 3 is 2.85 bits per heavy atom. The largest absolute Gasteiger partial charge is 0.508 e. The molecule has 0 aliphatic carbocycles. The minimum absolute atomic E-state index is 0.193. The first-order valence-electron chi connectivity index (χ1n) is 3.77. The van der Waals surface area contributed by atoms with Gasteiger partial charge < -0.3 is 15.4 Å². The van der Waals surface area contributed by atoms with Gasteiger partial charge in [0.25, 0.3) is 0 Å². The number of anilines is 1. The van der Waals surface area contributed by atoms with Crippen LogP contribution < -0.4 is 5.73 Å². The number of benzene rings is 1. The van der Waals surface area contributed by atoms with E-state index in [1.54, 1.807) is 18.2 Å². The van der Waals surface area contributed by atoms with Crippen molar-refractivity contribution in [1.29, 1.82) is 0 Å². The van der Waals surface area contributed by atoms with Crippen molar-refractivity contribution in [3.8, 4) is 16.9 Å². The highest BCUT2D eigenvalue weighted by molar-refractivity contribution is 5.72. The molecule has 0 amide bonds. The zero-order valence-corrected chi connectivity index (χ0v) is 6.77. The minimum atomic E-state index is 0.193. The summed E-state index contributed by atoms with van der Waals surface area (Å²) >= 11 is 0. The van der Waals surface area contributed by atoms with Crippen molar-refractivity contribution in [2.75, 3.05) is 5.73 Å². The Morgan fingerprint density at radius 1 is 1.38 bits per heavy atom. The van der Waals surface area contributed by atoms with E-state index in [1.165, 1.54) is 6.20 Å². The van der Waals surface area contributed by atoms with Crippen molar-refractivity contribution >= 4 is 5.88 Å². The molecule has 1 aromatic carbocycles. The summed E-state index contributed by atoms with van der Waals surface area (Å²) < 4.78 is 4.70. The zero-order valence-electron chi connectivity index (χ0n) is 6.77. The van der Waals surface area contributed by atoms with E-state index in [0.29, 0.717) is 5.56 Å². The number of nitrogen functional groups attached to an aromatic ring is 1. The number of rotatable bonds is 1. The second kappa shape index (κ2) is 2.82. The number of hydrogen-bond acceptors (Lipinski definition) is 4. The number of aromatic hydroxyl groups is 1. The SMILES string of the molecule is Nc1oncc1-c1cccc(O)c1. The van der Waals surface area contributed by atoms with E-state index in [-0.39, 0.29) is 11.6 Å². The third-order valence-electron chi connectivity index (χ3n) is 1.76. The average molecular weight is 176 g/mol. The molecule has 0 radical (unpaired) electrons.